The third-order valence-corrected chi connectivity index (χ3v) is 3.04. The number of nitrogens with zero attached hydrogens (tertiary/aromatic N) is 1. The van der Waals surface area contributed by atoms with E-state index in [4.69, 9.17) is 10.00 Å². The Balaban J connectivity index is 2.50. The van der Waals surface area contributed by atoms with Crippen LogP contribution >= 0.6 is 0 Å². The third kappa shape index (κ3) is 6.66. The van der Waals surface area contributed by atoms with Crippen LogP contribution < -0.4 is 10.6 Å². The lowest BCUT2D eigenvalue weighted by Crippen LogP contribution is -2.28. The second-order valence-electron chi connectivity index (χ2n) is 4.78. The second-order valence-corrected chi connectivity index (χ2v) is 4.78. The Labute approximate surface area is 136 Å². The van der Waals surface area contributed by atoms with Crippen LogP contribution in [0.3, 0.4) is 0 Å². The summed E-state index contributed by atoms with van der Waals surface area (Å²) in [6, 6.07) is 11.1. The first kappa shape index (κ1) is 18.2. The molecule has 0 radical (unpaired) electrons. The van der Waals surface area contributed by atoms with E-state index in [2.05, 4.69) is 10.6 Å². The largest absolute Gasteiger partial charge is 0.466 e. The quantitative estimate of drug-likeness (QED) is 0.330. The predicted molar refractivity (Wildman–Crippen MR) is 85.9 cm³/mol. The van der Waals surface area contributed by atoms with Gasteiger partial charge in [-0.2, -0.15) is 5.26 Å². The molecule has 1 rings (SSSR count). The number of benzene rings is 1. The van der Waals surface area contributed by atoms with E-state index >= 15 is 0 Å². The summed E-state index contributed by atoms with van der Waals surface area (Å²) >= 11 is 0. The van der Waals surface area contributed by atoms with E-state index in [1.165, 1.54) is 6.20 Å². The molecule has 1 amide bonds. The van der Waals surface area contributed by atoms with Crippen LogP contribution in [0.1, 0.15) is 31.9 Å². The first-order valence-corrected chi connectivity index (χ1v) is 7.43. The van der Waals surface area contributed by atoms with Gasteiger partial charge in [-0.05, 0) is 19.4 Å². The fourth-order valence-electron chi connectivity index (χ4n) is 1.83. The van der Waals surface area contributed by atoms with Crippen molar-refractivity contribution in [3.05, 3.63) is 47.7 Å². The van der Waals surface area contributed by atoms with Gasteiger partial charge in [0.2, 0.25) is 0 Å². The van der Waals surface area contributed by atoms with Crippen LogP contribution in [0.5, 0.6) is 0 Å². The normalized spacial score (nSPS) is 12.0. The lowest BCUT2D eigenvalue weighted by atomic mass is 10.1. The summed E-state index contributed by atoms with van der Waals surface area (Å²) in [5, 5.41) is 14.6. The monoisotopic (exact) mass is 315 g/mol. The molecule has 0 saturated carbocycles. The highest BCUT2D eigenvalue weighted by molar-refractivity contribution is 5.97. The number of rotatable bonds is 8. The molecule has 6 heteroatoms. The van der Waals surface area contributed by atoms with Crippen LogP contribution in [-0.4, -0.2) is 25.0 Å². The van der Waals surface area contributed by atoms with E-state index in [-0.39, 0.29) is 24.0 Å². The molecule has 0 heterocycles. The van der Waals surface area contributed by atoms with Crippen molar-refractivity contribution in [1.82, 2.24) is 10.6 Å². The van der Waals surface area contributed by atoms with Crippen molar-refractivity contribution in [2.24, 2.45) is 0 Å². The molecule has 0 aromatic heterocycles. The smallest absolute Gasteiger partial charge is 0.307 e. The van der Waals surface area contributed by atoms with Crippen LogP contribution in [0.4, 0.5) is 0 Å². The van der Waals surface area contributed by atoms with Crippen LogP contribution in [0.2, 0.25) is 0 Å². The van der Waals surface area contributed by atoms with Crippen molar-refractivity contribution < 1.29 is 14.3 Å². The molecule has 2 N–H and O–H groups in total. The molecule has 23 heavy (non-hydrogen) atoms. The molecule has 0 aliphatic rings. The zero-order valence-corrected chi connectivity index (χ0v) is 13.3. The summed E-state index contributed by atoms with van der Waals surface area (Å²) in [7, 11) is 0. The Hall–Kier alpha value is -2.81. The first-order valence-electron chi connectivity index (χ1n) is 7.43. The highest BCUT2D eigenvalue weighted by atomic mass is 16.5. The van der Waals surface area contributed by atoms with Gasteiger partial charge in [-0.1, -0.05) is 30.3 Å². The van der Waals surface area contributed by atoms with Gasteiger partial charge < -0.3 is 15.4 Å². The molecule has 1 aromatic rings. The Morgan fingerprint density at radius 1 is 1.35 bits per heavy atom. The number of carbonyl (C=O) groups is 2. The van der Waals surface area contributed by atoms with E-state index in [0.717, 1.165) is 5.56 Å². The van der Waals surface area contributed by atoms with Gasteiger partial charge in [0.1, 0.15) is 11.6 Å². The molecule has 122 valence electrons. The van der Waals surface area contributed by atoms with E-state index in [1.807, 2.05) is 43.3 Å². The molecular weight excluding hydrogens is 294 g/mol. The molecular formula is C17H21N3O3. The molecule has 0 aliphatic carbocycles. The summed E-state index contributed by atoms with van der Waals surface area (Å²) in [5.41, 5.74) is 0.907. The van der Waals surface area contributed by atoms with E-state index in [1.54, 1.807) is 6.92 Å². The van der Waals surface area contributed by atoms with Crippen molar-refractivity contribution in [1.29, 1.82) is 5.26 Å². The minimum Gasteiger partial charge on any atom is -0.466 e. The van der Waals surface area contributed by atoms with Gasteiger partial charge in [0.05, 0.1) is 19.1 Å². The van der Waals surface area contributed by atoms with Gasteiger partial charge in [-0.15, -0.1) is 0 Å². The highest BCUT2D eigenvalue weighted by Gasteiger charge is 2.13. The number of ether oxygens (including phenoxy) is 1. The summed E-state index contributed by atoms with van der Waals surface area (Å²) in [6.45, 7) is 4.21. The topological polar surface area (TPSA) is 91.2 Å². The third-order valence-electron chi connectivity index (χ3n) is 3.04. The molecule has 1 atom stereocenters. The minimum atomic E-state index is -0.465. The lowest BCUT2D eigenvalue weighted by molar-refractivity contribution is -0.142. The second kappa shape index (κ2) is 10.0. The van der Waals surface area contributed by atoms with Crippen LogP contribution in [-0.2, 0) is 14.3 Å². The average molecular weight is 315 g/mol. The van der Waals surface area contributed by atoms with Gasteiger partial charge in [-0.3, -0.25) is 9.59 Å². The fourth-order valence-corrected chi connectivity index (χ4v) is 1.83. The highest BCUT2D eigenvalue weighted by Crippen LogP contribution is 2.11. The van der Waals surface area contributed by atoms with Crippen molar-refractivity contribution in [2.45, 2.75) is 26.3 Å². The van der Waals surface area contributed by atoms with E-state index in [0.29, 0.717) is 13.2 Å². The Morgan fingerprint density at radius 3 is 2.65 bits per heavy atom. The van der Waals surface area contributed by atoms with Crippen LogP contribution in [0.15, 0.2) is 42.1 Å². The molecule has 6 nitrogen and oxygen atoms in total. The fraction of sp³-hybridized carbons (Fsp3) is 0.353. The number of esters is 1. The first-order chi connectivity index (χ1) is 11.1. The Kier molecular flexibility index (Phi) is 7.94. The lowest BCUT2D eigenvalue weighted by Gasteiger charge is -2.13. The standard InChI is InChI=1S/C17H21N3O3/c1-3-23-16(21)9-10-19-12-15(11-18)17(22)20-13(2)14-7-5-4-6-8-14/h4-8,12-13,19H,3,9-10H2,1-2H3,(H,20,22)/b15-12-. The number of hydrogen-bond acceptors (Lipinski definition) is 5. The van der Waals surface area contributed by atoms with Gasteiger partial charge in [0.25, 0.3) is 5.91 Å². The number of nitriles is 1. The van der Waals surface area contributed by atoms with Crippen molar-refractivity contribution in [3.63, 3.8) is 0 Å². The molecule has 0 bridgehead atoms. The molecule has 1 aromatic carbocycles. The SMILES string of the molecule is CCOC(=O)CCN/C=C(/C#N)C(=O)NC(C)c1ccccc1. The molecule has 0 saturated heterocycles. The van der Waals surface area contributed by atoms with Gasteiger partial charge in [-0.25, -0.2) is 0 Å². The van der Waals surface area contributed by atoms with Crippen LogP contribution in [0, 0.1) is 11.3 Å². The van der Waals surface area contributed by atoms with Crippen LogP contribution in [0.25, 0.3) is 0 Å². The number of hydrogen-bond donors (Lipinski definition) is 2. The summed E-state index contributed by atoms with van der Waals surface area (Å²) in [6.07, 6.45) is 1.48. The zero-order chi connectivity index (χ0) is 17.1. The number of carbonyl (C=O) groups excluding carboxylic acids is 2. The Morgan fingerprint density at radius 2 is 2.04 bits per heavy atom. The van der Waals surface area contributed by atoms with Gasteiger partial charge in [0.15, 0.2) is 0 Å². The van der Waals surface area contributed by atoms with Crippen molar-refractivity contribution in [2.75, 3.05) is 13.2 Å². The zero-order valence-electron chi connectivity index (χ0n) is 13.3. The maximum atomic E-state index is 12.1. The van der Waals surface area contributed by atoms with Crippen molar-refractivity contribution >= 4 is 11.9 Å². The maximum Gasteiger partial charge on any atom is 0.307 e. The van der Waals surface area contributed by atoms with Gasteiger partial charge >= 0.3 is 5.97 Å². The minimum absolute atomic E-state index is 0.0448. The number of nitrogens with one attached hydrogen (secondary N) is 2. The van der Waals surface area contributed by atoms with Crippen molar-refractivity contribution in [3.8, 4) is 6.07 Å². The summed E-state index contributed by atoms with van der Waals surface area (Å²) in [5.74, 6) is -0.790. The summed E-state index contributed by atoms with van der Waals surface area (Å²) in [4.78, 5) is 23.2. The van der Waals surface area contributed by atoms with E-state index in [9.17, 15) is 9.59 Å². The van der Waals surface area contributed by atoms with Gasteiger partial charge in [0, 0.05) is 12.7 Å². The predicted octanol–water partition coefficient (Wildman–Crippen LogP) is 1.81. The average Bonchev–Trinajstić information content (AvgIpc) is 2.55. The number of amides is 1. The molecule has 0 spiro atoms. The molecule has 1 unspecified atom stereocenters. The summed E-state index contributed by atoms with van der Waals surface area (Å²) < 4.78 is 4.78. The Bertz CT molecular complexity index is 591. The van der Waals surface area contributed by atoms with E-state index < -0.39 is 5.91 Å². The molecule has 0 fully saturated rings. The molecule has 0 aliphatic heterocycles. The maximum absolute atomic E-state index is 12.1.